The Balaban J connectivity index is 1.37. The summed E-state index contributed by atoms with van der Waals surface area (Å²) < 4.78 is 0. The Hall–Kier alpha value is -2.62. The zero-order valence-corrected chi connectivity index (χ0v) is 14.5. The molecule has 2 unspecified atom stereocenters. The molecule has 4 heteroatoms. The molecule has 0 bridgehead atoms. The van der Waals surface area contributed by atoms with Crippen molar-refractivity contribution in [1.82, 2.24) is 5.32 Å². The summed E-state index contributed by atoms with van der Waals surface area (Å²) in [6.45, 7) is 2.63. The van der Waals surface area contributed by atoms with E-state index in [2.05, 4.69) is 22.8 Å². The number of aryl methyl sites for hydroxylation is 2. The van der Waals surface area contributed by atoms with Crippen molar-refractivity contribution in [2.75, 3.05) is 11.9 Å². The molecular weight excluding hydrogens is 312 g/mol. The largest absolute Gasteiger partial charge is 0.356 e. The van der Waals surface area contributed by atoms with Crippen LogP contribution >= 0.6 is 0 Å². The number of hydrogen-bond acceptors (Lipinski definition) is 2. The quantitative estimate of drug-likeness (QED) is 0.762. The molecule has 3 rings (SSSR count). The van der Waals surface area contributed by atoms with Crippen LogP contribution in [-0.4, -0.2) is 18.4 Å². The maximum atomic E-state index is 12.2. The fraction of sp³-hybridized carbons (Fsp3) is 0.333. The first kappa shape index (κ1) is 17.2. The average Bonchev–Trinajstić information content (AvgIpc) is 3.40. The smallest absolute Gasteiger partial charge is 0.228 e. The van der Waals surface area contributed by atoms with E-state index >= 15 is 0 Å². The molecule has 0 radical (unpaired) electrons. The van der Waals surface area contributed by atoms with Crippen molar-refractivity contribution in [1.29, 1.82) is 0 Å². The van der Waals surface area contributed by atoms with E-state index in [9.17, 15) is 9.59 Å². The van der Waals surface area contributed by atoms with Gasteiger partial charge in [-0.15, -0.1) is 0 Å². The van der Waals surface area contributed by atoms with E-state index in [1.165, 1.54) is 5.56 Å². The highest BCUT2D eigenvalue weighted by Gasteiger charge is 2.47. The normalized spacial score (nSPS) is 18.4. The first-order chi connectivity index (χ1) is 12.1. The summed E-state index contributed by atoms with van der Waals surface area (Å²) in [6.07, 6.45) is 2.49. The summed E-state index contributed by atoms with van der Waals surface area (Å²) >= 11 is 0. The lowest BCUT2D eigenvalue weighted by Crippen LogP contribution is -2.28. The van der Waals surface area contributed by atoms with Gasteiger partial charge in [-0.1, -0.05) is 42.5 Å². The van der Waals surface area contributed by atoms with Crippen molar-refractivity contribution in [3.8, 4) is 0 Å². The zero-order chi connectivity index (χ0) is 17.6. The first-order valence-corrected chi connectivity index (χ1v) is 8.82. The molecule has 2 aromatic carbocycles. The van der Waals surface area contributed by atoms with Gasteiger partial charge in [0.05, 0.1) is 11.8 Å². The molecule has 4 nitrogen and oxygen atoms in total. The van der Waals surface area contributed by atoms with E-state index in [4.69, 9.17) is 0 Å². The molecule has 2 N–H and O–H groups in total. The minimum absolute atomic E-state index is 0.00236. The lowest BCUT2D eigenvalue weighted by Gasteiger charge is -2.07. The van der Waals surface area contributed by atoms with Gasteiger partial charge in [0.15, 0.2) is 0 Å². The molecule has 0 aliphatic heterocycles. The molecule has 0 aromatic heterocycles. The van der Waals surface area contributed by atoms with Crippen LogP contribution in [0.3, 0.4) is 0 Å². The highest BCUT2D eigenvalue weighted by molar-refractivity contribution is 5.99. The van der Waals surface area contributed by atoms with Crippen molar-refractivity contribution in [2.45, 2.75) is 26.2 Å². The molecule has 1 aliphatic rings. The highest BCUT2D eigenvalue weighted by Crippen LogP contribution is 2.39. The van der Waals surface area contributed by atoms with Gasteiger partial charge in [0.1, 0.15) is 0 Å². The van der Waals surface area contributed by atoms with Gasteiger partial charge in [-0.05, 0) is 49.4 Å². The lowest BCUT2D eigenvalue weighted by atomic mass is 10.1. The summed E-state index contributed by atoms with van der Waals surface area (Å²) in [7, 11) is 0. The van der Waals surface area contributed by atoms with Crippen LogP contribution in [0.5, 0.6) is 0 Å². The van der Waals surface area contributed by atoms with E-state index in [1.807, 2.05) is 49.4 Å². The third kappa shape index (κ3) is 4.92. The maximum Gasteiger partial charge on any atom is 0.228 e. The fourth-order valence-corrected chi connectivity index (χ4v) is 3.01. The third-order valence-electron chi connectivity index (χ3n) is 4.53. The summed E-state index contributed by atoms with van der Waals surface area (Å²) in [5.41, 5.74) is 3.17. The number of hydrogen-bond donors (Lipinski definition) is 2. The summed E-state index contributed by atoms with van der Waals surface area (Å²) in [4.78, 5) is 24.4. The number of amides is 2. The van der Waals surface area contributed by atoms with Gasteiger partial charge in [0.25, 0.3) is 0 Å². The number of rotatable bonds is 7. The molecule has 0 spiro atoms. The molecule has 2 aromatic rings. The first-order valence-electron chi connectivity index (χ1n) is 8.82. The third-order valence-corrected chi connectivity index (χ3v) is 4.53. The van der Waals surface area contributed by atoms with Crippen molar-refractivity contribution in [3.63, 3.8) is 0 Å². The van der Waals surface area contributed by atoms with E-state index in [0.717, 1.165) is 24.1 Å². The molecule has 2 amide bonds. The van der Waals surface area contributed by atoms with Crippen molar-refractivity contribution >= 4 is 17.5 Å². The minimum atomic E-state index is -0.199. The van der Waals surface area contributed by atoms with Gasteiger partial charge in [0.2, 0.25) is 11.8 Å². The Morgan fingerprint density at radius 1 is 1.00 bits per heavy atom. The molecule has 1 fully saturated rings. The number of benzene rings is 2. The topological polar surface area (TPSA) is 58.2 Å². The molecule has 1 aliphatic carbocycles. The molecule has 25 heavy (non-hydrogen) atoms. The van der Waals surface area contributed by atoms with Crippen LogP contribution in [-0.2, 0) is 16.0 Å². The maximum absolute atomic E-state index is 12.2. The summed E-state index contributed by atoms with van der Waals surface area (Å²) in [6, 6.07) is 17.9. The predicted octanol–water partition coefficient (Wildman–Crippen LogP) is 3.32. The fourth-order valence-electron chi connectivity index (χ4n) is 3.01. The Morgan fingerprint density at radius 2 is 1.76 bits per heavy atom. The Labute approximate surface area is 148 Å². The standard InChI is InChI=1S/C21H24N2O2/c1-15-7-5-11-17(13-15)23-21(25)19-14-18(19)20(24)22-12-6-10-16-8-3-2-4-9-16/h2-5,7-9,11,13,18-19H,6,10,12,14H2,1H3,(H,22,24)(H,23,25). The SMILES string of the molecule is Cc1cccc(NC(=O)C2CC2C(=O)NCCCc2ccccc2)c1. The van der Waals surface area contributed by atoms with E-state index in [1.54, 1.807) is 0 Å². The molecule has 130 valence electrons. The van der Waals surface area contributed by atoms with Crippen LogP contribution in [0.25, 0.3) is 0 Å². The molecule has 0 saturated heterocycles. The van der Waals surface area contributed by atoms with Crippen LogP contribution < -0.4 is 10.6 Å². The predicted molar refractivity (Wildman–Crippen MR) is 99.2 cm³/mol. The van der Waals surface area contributed by atoms with Crippen LogP contribution in [0.1, 0.15) is 24.0 Å². The second-order valence-corrected chi connectivity index (χ2v) is 6.69. The van der Waals surface area contributed by atoms with Gasteiger partial charge in [-0.3, -0.25) is 9.59 Å². The van der Waals surface area contributed by atoms with E-state index < -0.39 is 0 Å². The molecular formula is C21H24N2O2. The molecule has 1 saturated carbocycles. The van der Waals surface area contributed by atoms with E-state index in [-0.39, 0.29) is 23.7 Å². The second kappa shape index (κ2) is 7.97. The zero-order valence-electron chi connectivity index (χ0n) is 14.5. The van der Waals surface area contributed by atoms with Crippen molar-refractivity contribution < 1.29 is 9.59 Å². The minimum Gasteiger partial charge on any atom is -0.356 e. The van der Waals surface area contributed by atoms with Gasteiger partial charge in [-0.25, -0.2) is 0 Å². The second-order valence-electron chi connectivity index (χ2n) is 6.69. The van der Waals surface area contributed by atoms with Gasteiger partial charge in [-0.2, -0.15) is 0 Å². The summed E-state index contributed by atoms with van der Waals surface area (Å²) in [5.74, 6) is -0.441. The van der Waals surface area contributed by atoms with Gasteiger partial charge < -0.3 is 10.6 Å². The van der Waals surface area contributed by atoms with E-state index in [0.29, 0.717) is 13.0 Å². The summed E-state index contributed by atoms with van der Waals surface area (Å²) in [5, 5.41) is 5.85. The Kier molecular flexibility index (Phi) is 5.49. The highest BCUT2D eigenvalue weighted by atomic mass is 16.2. The molecule has 0 heterocycles. The van der Waals surface area contributed by atoms with Crippen LogP contribution in [0, 0.1) is 18.8 Å². The van der Waals surface area contributed by atoms with Crippen LogP contribution in [0.2, 0.25) is 0 Å². The lowest BCUT2D eigenvalue weighted by molar-refractivity contribution is -0.125. The van der Waals surface area contributed by atoms with Crippen molar-refractivity contribution in [2.24, 2.45) is 11.8 Å². The van der Waals surface area contributed by atoms with Crippen LogP contribution in [0.15, 0.2) is 54.6 Å². The monoisotopic (exact) mass is 336 g/mol. The average molecular weight is 336 g/mol. The van der Waals surface area contributed by atoms with Gasteiger partial charge >= 0.3 is 0 Å². The van der Waals surface area contributed by atoms with Crippen molar-refractivity contribution in [3.05, 3.63) is 65.7 Å². The number of carbonyl (C=O) groups is 2. The molecule has 2 atom stereocenters. The Bertz CT molecular complexity index is 743. The van der Waals surface area contributed by atoms with Crippen LogP contribution in [0.4, 0.5) is 5.69 Å². The van der Waals surface area contributed by atoms with Gasteiger partial charge in [0, 0.05) is 12.2 Å². The number of nitrogens with one attached hydrogen (secondary N) is 2. The Morgan fingerprint density at radius 3 is 2.52 bits per heavy atom. The number of carbonyl (C=O) groups excluding carboxylic acids is 2. The number of anilines is 1.